The largest absolute Gasteiger partial charge is 0.307 e. The fourth-order valence-corrected chi connectivity index (χ4v) is 2.14. The van der Waals surface area contributed by atoms with Crippen LogP contribution >= 0.6 is 0 Å². The molecule has 2 heteroatoms. The Morgan fingerprint density at radius 1 is 0.889 bits per heavy atom. The molecule has 1 heterocycles. The highest BCUT2D eigenvalue weighted by Crippen LogP contribution is 2.13. The number of hydrogen-bond donors (Lipinski definition) is 1. The molecule has 0 spiro atoms. The molecule has 0 aliphatic rings. The van der Waals surface area contributed by atoms with Crippen molar-refractivity contribution in [1.82, 2.24) is 10.3 Å². The molecule has 0 bridgehead atoms. The van der Waals surface area contributed by atoms with Gasteiger partial charge in [-0.1, -0.05) is 24.3 Å². The van der Waals surface area contributed by atoms with Crippen LogP contribution in [0.5, 0.6) is 0 Å². The second-order valence-electron chi connectivity index (χ2n) is 4.74. The Morgan fingerprint density at radius 3 is 2.22 bits per heavy atom. The van der Waals surface area contributed by atoms with E-state index in [1.54, 1.807) is 0 Å². The Balaban J connectivity index is 1.99. The average molecular weight is 240 g/mol. The van der Waals surface area contributed by atoms with Crippen molar-refractivity contribution in [1.29, 1.82) is 0 Å². The first kappa shape index (κ1) is 12.8. The van der Waals surface area contributed by atoms with Crippen LogP contribution in [0.15, 0.2) is 36.5 Å². The van der Waals surface area contributed by atoms with Crippen LogP contribution < -0.4 is 5.32 Å². The van der Waals surface area contributed by atoms with Crippen molar-refractivity contribution < 1.29 is 0 Å². The molecule has 2 aromatic rings. The van der Waals surface area contributed by atoms with Crippen LogP contribution in [0, 0.1) is 20.8 Å². The molecule has 0 saturated heterocycles. The summed E-state index contributed by atoms with van der Waals surface area (Å²) in [6.45, 7) is 8.14. The van der Waals surface area contributed by atoms with E-state index < -0.39 is 0 Å². The van der Waals surface area contributed by atoms with Gasteiger partial charge >= 0.3 is 0 Å². The van der Waals surface area contributed by atoms with Crippen molar-refractivity contribution in [2.45, 2.75) is 33.9 Å². The van der Waals surface area contributed by atoms with Gasteiger partial charge in [0.15, 0.2) is 0 Å². The normalized spacial score (nSPS) is 10.6. The Bertz CT molecular complexity index is 512. The molecule has 0 aliphatic heterocycles. The molecule has 18 heavy (non-hydrogen) atoms. The fourth-order valence-electron chi connectivity index (χ4n) is 2.14. The van der Waals surface area contributed by atoms with Crippen molar-refractivity contribution in [2.24, 2.45) is 0 Å². The maximum absolute atomic E-state index is 4.39. The van der Waals surface area contributed by atoms with Crippen molar-refractivity contribution in [3.05, 3.63) is 64.5 Å². The number of nitrogens with one attached hydrogen (secondary N) is 1. The summed E-state index contributed by atoms with van der Waals surface area (Å²) in [5, 5.41) is 3.48. The van der Waals surface area contributed by atoms with E-state index in [4.69, 9.17) is 0 Å². The first-order valence-corrected chi connectivity index (χ1v) is 6.35. The van der Waals surface area contributed by atoms with Gasteiger partial charge in [0.1, 0.15) is 0 Å². The summed E-state index contributed by atoms with van der Waals surface area (Å²) in [5.74, 6) is 0. The second kappa shape index (κ2) is 5.78. The zero-order chi connectivity index (χ0) is 13.0. The van der Waals surface area contributed by atoms with Gasteiger partial charge in [-0.15, -0.1) is 0 Å². The Kier molecular flexibility index (Phi) is 4.11. The molecule has 1 aromatic carbocycles. The fraction of sp³-hybridized carbons (Fsp3) is 0.312. The number of hydrogen-bond acceptors (Lipinski definition) is 2. The zero-order valence-electron chi connectivity index (χ0n) is 11.3. The predicted molar refractivity (Wildman–Crippen MR) is 75.4 cm³/mol. The number of rotatable bonds is 4. The number of pyridine rings is 1. The van der Waals surface area contributed by atoms with E-state index in [-0.39, 0.29) is 0 Å². The average Bonchev–Trinajstić information content (AvgIpc) is 2.35. The van der Waals surface area contributed by atoms with Gasteiger partial charge in [-0.2, -0.15) is 0 Å². The molecule has 1 N–H and O–H groups in total. The molecule has 0 radical (unpaired) electrons. The quantitative estimate of drug-likeness (QED) is 0.887. The van der Waals surface area contributed by atoms with Crippen molar-refractivity contribution in [3.63, 3.8) is 0 Å². The summed E-state index contributed by atoms with van der Waals surface area (Å²) < 4.78 is 0. The molecule has 0 fully saturated rings. The number of nitrogens with zero attached hydrogens (tertiary/aromatic N) is 1. The topological polar surface area (TPSA) is 24.9 Å². The Morgan fingerprint density at radius 2 is 1.56 bits per heavy atom. The van der Waals surface area contributed by atoms with Crippen molar-refractivity contribution in [2.75, 3.05) is 0 Å². The van der Waals surface area contributed by atoms with Gasteiger partial charge in [0, 0.05) is 19.3 Å². The van der Waals surface area contributed by atoms with E-state index in [1.807, 2.05) is 12.3 Å². The maximum atomic E-state index is 4.39. The summed E-state index contributed by atoms with van der Waals surface area (Å²) in [5.41, 5.74) is 6.46. The lowest BCUT2D eigenvalue weighted by atomic mass is 10.0. The number of aromatic nitrogens is 1. The summed E-state index contributed by atoms with van der Waals surface area (Å²) in [6.07, 6.45) is 1.85. The van der Waals surface area contributed by atoms with E-state index in [9.17, 15) is 0 Å². The highest BCUT2D eigenvalue weighted by atomic mass is 14.9. The molecule has 2 rings (SSSR count). The van der Waals surface area contributed by atoms with Gasteiger partial charge < -0.3 is 5.32 Å². The molecule has 0 aliphatic carbocycles. The molecule has 0 amide bonds. The lowest BCUT2D eigenvalue weighted by Crippen LogP contribution is -2.16. The predicted octanol–water partition coefficient (Wildman–Crippen LogP) is 3.30. The van der Waals surface area contributed by atoms with Crippen LogP contribution in [0.4, 0.5) is 0 Å². The van der Waals surface area contributed by atoms with Crippen LogP contribution in [-0.2, 0) is 13.1 Å². The summed E-state index contributed by atoms with van der Waals surface area (Å²) >= 11 is 0. The van der Waals surface area contributed by atoms with E-state index in [0.29, 0.717) is 0 Å². The van der Waals surface area contributed by atoms with E-state index in [0.717, 1.165) is 18.8 Å². The second-order valence-corrected chi connectivity index (χ2v) is 4.74. The maximum Gasteiger partial charge on any atom is 0.0570 e. The van der Waals surface area contributed by atoms with Gasteiger partial charge in [0.05, 0.1) is 5.69 Å². The molecular weight excluding hydrogens is 220 g/mol. The number of aryl methyl sites for hydroxylation is 3. The molecule has 0 unspecified atom stereocenters. The van der Waals surface area contributed by atoms with Crippen molar-refractivity contribution >= 4 is 0 Å². The third kappa shape index (κ3) is 2.96. The van der Waals surface area contributed by atoms with E-state index in [2.05, 4.69) is 55.3 Å². The summed E-state index contributed by atoms with van der Waals surface area (Å²) in [7, 11) is 0. The third-order valence-electron chi connectivity index (χ3n) is 3.36. The molecule has 2 nitrogen and oxygen atoms in total. The van der Waals surface area contributed by atoms with Crippen LogP contribution in [0.25, 0.3) is 0 Å². The van der Waals surface area contributed by atoms with Gasteiger partial charge in [-0.3, -0.25) is 4.98 Å². The number of benzene rings is 1. The zero-order valence-corrected chi connectivity index (χ0v) is 11.3. The van der Waals surface area contributed by atoms with Gasteiger partial charge in [-0.05, 0) is 49.1 Å². The van der Waals surface area contributed by atoms with Crippen LogP contribution in [0.2, 0.25) is 0 Å². The monoisotopic (exact) mass is 240 g/mol. The molecular formula is C16H20N2. The third-order valence-corrected chi connectivity index (χ3v) is 3.36. The lowest BCUT2D eigenvalue weighted by Gasteiger charge is -2.11. The SMILES string of the molecule is Cc1cccnc1CNCc1c(C)cccc1C. The van der Waals surface area contributed by atoms with E-state index in [1.165, 1.54) is 22.3 Å². The Labute approximate surface area is 109 Å². The van der Waals surface area contributed by atoms with Crippen LogP contribution in [-0.4, -0.2) is 4.98 Å². The molecule has 0 saturated carbocycles. The first-order chi connectivity index (χ1) is 8.68. The molecule has 1 aromatic heterocycles. The molecule has 0 atom stereocenters. The summed E-state index contributed by atoms with van der Waals surface area (Å²) in [4.78, 5) is 4.39. The van der Waals surface area contributed by atoms with Crippen molar-refractivity contribution in [3.8, 4) is 0 Å². The van der Waals surface area contributed by atoms with E-state index >= 15 is 0 Å². The highest BCUT2D eigenvalue weighted by Gasteiger charge is 2.02. The summed E-state index contributed by atoms with van der Waals surface area (Å²) in [6, 6.07) is 10.5. The standard InChI is InChI=1S/C16H20N2/c1-12-6-4-7-13(2)15(12)10-17-11-16-14(3)8-5-9-18-16/h4-9,17H,10-11H2,1-3H3. The van der Waals surface area contributed by atoms with Crippen LogP contribution in [0.1, 0.15) is 27.9 Å². The van der Waals surface area contributed by atoms with Gasteiger partial charge in [0.2, 0.25) is 0 Å². The first-order valence-electron chi connectivity index (χ1n) is 6.35. The van der Waals surface area contributed by atoms with Gasteiger partial charge in [0.25, 0.3) is 0 Å². The lowest BCUT2D eigenvalue weighted by molar-refractivity contribution is 0.671. The minimum absolute atomic E-state index is 0.820. The minimum atomic E-state index is 0.820. The molecule has 94 valence electrons. The van der Waals surface area contributed by atoms with Crippen LogP contribution in [0.3, 0.4) is 0 Å². The smallest absolute Gasteiger partial charge is 0.0570 e. The Hall–Kier alpha value is -1.67. The minimum Gasteiger partial charge on any atom is -0.307 e. The highest BCUT2D eigenvalue weighted by molar-refractivity contribution is 5.33. The van der Waals surface area contributed by atoms with Gasteiger partial charge in [-0.25, -0.2) is 0 Å².